The van der Waals surface area contributed by atoms with Crippen LogP contribution in [0.25, 0.3) is 6.08 Å². The molecular formula is C19H24ClN3O6S3. The summed E-state index contributed by atoms with van der Waals surface area (Å²) in [5, 5.41) is 5.25. The number of ether oxygens (including phenoxy) is 2. The zero-order valence-electron chi connectivity index (χ0n) is 17.3. The minimum absolute atomic E-state index is 0. The van der Waals surface area contributed by atoms with E-state index < -0.39 is 20.0 Å². The van der Waals surface area contributed by atoms with Crippen molar-refractivity contribution in [1.82, 2.24) is 9.21 Å². The molecule has 32 heavy (non-hydrogen) atoms. The molecule has 2 N–H and O–H groups in total. The molecule has 2 aliphatic heterocycles. The Morgan fingerprint density at radius 2 is 1.81 bits per heavy atom. The molecule has 3 heterocycles. The minimum atomic E-state index is -4.01. The molecule has 176 valence electrons. The van der Waals surface area contributed by atoms with E-state index in [1.165, 1.54) is 10.4 Å². The maximum atomic E-state index is 13.5. The second kappa shape index (κ2) is 9.67. The number of benzene rings is 1. The fourth-order valence-electron chi connectivity index (χ4n) is 3.51. The van der Waals surface area contributed by atoms with E-state index in [0.29, 0.717) is 61.2 Å². The molecule has 0 bridgehead atoms. The van der Waals surface area contributed by atoms with Gasteiger partial charge >= 0.3 is 0 Å². The number of nitrogens with two attached hydrogens (primary N) is 1. The van der Waals surface area contributed by atoms with E-state index in [0.717, 1.165) is 5.56 Å². The maximum Gasteiger partial charge on any atom is 0.274 e. The van der Waals surface area contributed by atoms with Gasteiger partial charge in [0.05, 0.1) is 26.9 Å². The van der Waals surface area contributed by atoms with E-state index >= 15 is 0 Å². The summed E-state index contributed by atoms with van der Waals surface area (Å²) >= 11 is 0.677. The van der Waals surface area contributed by atoms with Crippen molar-refractivity contribution in [2.45, 2.75) is 15.0 Å². The zero-order chi connectivity index (χ0) is 22.2. The highest BCUT2D eigenvalue weighted by Crippen LogP contribution is 2.39. The second-order valence-electron chi connectivity index (χ2n) is 7.24. The smallest absolute Gasteiger partial charge is 0.274 e. The van der Waals surface area contributed by atoms with Crippen LogP contribution < -0.4 is 9.88 Å². The Labute approximate surface area is 197 Å². The predicted octanol–water partition coefficient (Wildman–Crippen LogP) is 1.70. The van der Waals surface area contributed by atoms with Gasteiger partial charge in [0.25, 0.3) is 10.0 Å². The van der Waals surface area contributed by atoms with E-state index in [1.807, 2.05) is 0 Å². The molecule has 0 unspecified atom stereocenters. The summed E-state index contributed by atoms with van der Waals surface area (Å²) < 4.78 is 62.4. The number of morpholine rings is 1. The lowest BCUT2D eigenvalue weighted by molar-refractivity contribution is 0.0405. The lowest BCUT2D eigenvalue weighted by atomic mass is 10.2. The zero-order valence-corrected chi connectivity index (χ0v) is 20.5. The van der Waals surface area contributed by atoms with E-state index in [9.17, 15) is 16.8 Å². The molecule has 4 rings (SSSR count). The number of halogens is 1. The monoisotopic (exact) mass is 521 g/mol. The van der Waals surface area contributed by atoms with Gasteiger partial charge in [0, 0.05) is 30.9 Å². The van der Waals surface area contributed by atoms with Crippen molar-refractivity contribution in [3.05, 3.63) is 47.2 Å². The first-order chi connectivity index (χ1) is 14.7. The van der Waals surface area contributed by atoms with E-state index in [-0.39, 0.29) is 27.4 Å². The number of rotatable bonds is 6. The number of primary sulfonamides is 1. The van der Waals surface area contributed by atoms with Crippen LogP contribution in [0.15, 0.2) is 44.4 Å². The Morgan fingerprint density at radius 3 is 2.41 bits per heavy atom. The third-order valence-corrected chi connectivity index (χ3v) is 10.0. The van der Waals surface area contributed by atoms with Gasteiger partial charge in [-0.25, -0.2) is 22.0 Å². The fourth-order valence-corrected chi connectivity index (χ4v) is 7.59. The lowest BCUT2D eigenvalue weighted by Crippen LogP contribution is -2.42. The molecule has 0 radical (unpaired) electrons. The molecule has 0 amide bonds. The van der Waals surface area contributed by atoms with Gasteiger partial charge < -0.3 is 9.47 Å². The Hall–Kier alpha value is -1.67. The van der Waals surface area contributed by atoms with Gasteiger partial charge in [-0.1, -0.05) is 12.1 Å². The van der Waals surface area contributed by atoms with Crippen LogP contribution in [0.2, 0.25) is 0 Å². The van der Waals surface area contributed by atoms with Crippen molar-refractivity contribution in [3.63, 3.8) is 0 Å². The first-order valence-corrected chi connectivity index (χ1v) is 13.3. The summed E-state index contributed by atoms with van der Waals surface area (Å²) in [4.78, 5) is 2.11. The van der Waals surface area contributed by atoms with Crippen LogP contribution in [0.4, 0.5) is 0 Å². The number of hydrogen-bond donors (Lipinski definition) is 1. The van der Waals surface area contributed by atoms with E-state index in [2.05, 4.69) is 4.90 Å². The highest BCUT2D eigenvalue weighted by molar-refractivity contribution is 7.94. The largest absolute Gasteiger partial charge is 0.497 e. The van der Waals surface area contributed by atoms with Crippen LogP contribution in [0.3, 0.4) is 0 Å². The maximum absolute atomic E-state index is 13.5. The van der Waals surface area contributed by atoms with Gasteiger partial charge in [0.1, 0.15) is 14.2 Å². The number of thiophene rings is 1. The molecular weight excluding hydrogens is 498 g/mol. The van der Waals surface area contributed by atoms with Crippen molar-refractivity contribution in [2.75, 3.05) is 40.0 Å². The summed E-state index contributed by atoms with van der Waals surface area (Å²) in [5.74, 6) is 0.674. The van der Waals surface area contributed by atoms with E-state index in [1.54, 1.807) is 37.5 Å². The number of hydrogen-bond acceptors (Lipinski definition) is 8. The predicted molar refractivity (Wildman–Crippen MR) is 124 cm³/mol. The van der Waals surface area contributed by atoms with E-state index in [4.69, 9.17) is 14.6 Å². The van der Waals surface area contributed by atoms with Crippen LogP contribution in [-0.4, -0.2) is 66.0 Å². The summed E-state index contributed by atoms with van der Waals surface area (Å²) in [5.41, 5.74) is 1.70. The minimum Gasteiger partial charge on any atom is -0.497 e. The van der Waals surface area contributed by atoms with Gasteiger partial charge in [-0.05, 0) is 29.8 Å². The Kier molecular flexibility index (Phi) is 7.55. The third kappa shape index (κ3) is 5.11. The third-order valence-electron chi connectivity index (χ3n) is 5.12. The summed E-state index contributed by atoms with van der Waals surface area (Å²) in [6, 6.07) is 8.48. The molecule has 0 aliphatic carbocycles. The summed E-state index contributed by atoms with van der Waals surface area (Å²) in [6.07, 6.45) is 1.74. The van der Waals surface area contributed by atoms with Crippen molar-refractivity contribution < 1.29 is 26.3 Å². The quantitative estimate of drug-likeness (QED) is 0.614. The molecule has 0 saturated carbocycles. The molecule has 0 spiro atoms. The molecule has 1 aromatic carbocycles. The van der Waals surface area contributed by atoms with Gasteiger partial charge in [-0.2, -0.15) is 0 Å². The normalized spacial score (nSPS) is 18.4. The Balaban J connectivity index is 0.00000289. The van der Waals surface area contributed by atoms with Crippen LogP contribution in [0.1, 0.15) is 11.1 Å². The molecule has 0 atom stereocenters. The number of nitrogens with zero attached hydrogens (tertiary/aromatic N) is 2. The topological polar surface area (TPSA) is 119 Å². The highest BCUT2D eigenvalue weighted by Gasteiger charge is 2.36. The average Bonchev–Trinajstić information content (AvgIpc) is 3.18. The van der Waals surface area contributed by atoms with Crippen LogP contribution >= 0.6 is 23.7 Å². The highest BCUT2D eigenvalue weighted by atomic mass is 35.5. The number of sulfonamides is 2. The molecule has 9 nitrogen and oxygen atoms in total. The van der Waals surface area contributed by atoms with Gasteiger partial charge in [0.15, 0.2) is 0 Å². The second-order valence-corrected chi connectivity index (χ2v) is 12.1. The Morgan fingerprint density at radius 1 is 1.16 bits per heavy atom. The average molecular weight is 522 g/mol. The molecule has 1 fully saturated rings. The summed E-state index contributed by atoms with van der Waals surface area (Å²) in [7, 11) is -6.41. The molecule has 13 heteroatoms. The van der Waals surface area contributed by atoms with Crippen LogP contribution in [0.5, 0.6) is 5.75 Å². The molecule has 1 saturated heterocycles. The fraction of sp³-hybridized carbons (Fsp3) is 0.368. The van der Waals surface area contributed by atoms with Gasteiger partial charge in [-0.15, -0.1) is 23.7 Å². The van der Waals surface area contributed by atoms with Crippen molar-refractivity contribution >= 4 is 49.9 Å². The van der Waals surface area contributed by atoms with Crippen molar-refractivity contribution in [2.24, 2.45) is 5.14 Å². The molecule has 1 aromatic heterocycles. The lowest BCUT2D eigenvalue weighted by Gasteiger charge is -2.34. The first-order valence-electron chi connectivity index (χ1n) is 9.51. The van der Waals surface area contributed by atoms with Crippen LogP contribution in [-0.2, 0) is 31.3 Å². The SMILES string of the molecule is COc1ccc(CN2C(CN3CCOCC3)=Cc3cc(S(N)(=O)=O)sc3S2(=O)=O)cc1.Cl. The molecule has 2 aliphatic rings. The first kappa shape index (κ1) is 25.0. The van der Waals surface area contributed by atoms with Crippen LogP contribution in [0, 0.1) is 0 Å². The number of fused-ring (bicyclic) bond motifs is 1. The van der Waals surface area contributed by atoms with Crippen molar-refractivity contribution in [1.29, 1.82) is 0 Å². The standard InChI is InChI=1S/C19H23N3O6S3.ClH/c1-27-17-4-2-14(3-5-17)12-22-16(13-21-6-8-28-9-7-21)10-15-11-18(30(20,23)24)29-19(15)31(22,25)26;/h2-5,10-11H,6-9,12-13H2,1H3,(H2,20,23,24);1H. The van der Waals surface area contributed by atoms with Crippen molar-refractivity contribution in [3.8, 4) is 5.75 Å². The molecule has 2 aromatic rings. The number of methoxy groups -OCH3 is 1. The summed E-state index contributed by atoms with van der Waals surface area (Å²) in [6.45, 7) is 3.05. The Bertz CT molecular complexity index is 1200. The van der Waals surface area contributed by atoms with Gasteiger partial charge in [-0.3, -0.25) is 9.21 Å². The van der Waals surface area contributed by atoms with Gasteiger partial charge in [0.2, 0.25) is 10.0 Å².